The summed E-state index contributed by atoms with van der Waals surface area (Å²) in [5.74, 6) is 0. The molecule has 0 radical (unpaired) electrons. The van der Waals surface area contributed by atoms with Crippen LogP contribution in [0.4, 0.5) is 51.2 Å². The maximum atomic E-state index is 6.71. The molecule has 0 saturated carbocycles. The summed E-state index contributed by atoms with van der Waals surface area (Å²) in [7, 11) is 0. The summed E-state index contributed by atoms with van der Waals surface area (Å²) in [5, 5.41) is 2.15. The molecule has 1 spiro atoms. The predicted molar refractivity (Wildman–Crippen MR) is 269 cm³/mol. The molecule has 4 nitrogen and oxygen atoms in total. The quantitative estimate of drug-likeness (QED) is 0.160. The summed E-state index contributed by atoms with van der Waals surface area (Å²) in [4.78, 5) is 7.22. The van der Waals surface area contributed by atoms with Gasteiger partial charge in [0.25, 0.3) is 0 Å². The van der Waals surface area contributed by atoms with Gasteiger partial charge in [-0.05, 0) is 118 Å². The first kappa shape index (κ1) is 37.0. The van der Waals surface area contributed by atoms with Crippen LogP contribution in [0.1, 0.15) is 22.3 Å². The zero-order chi connectivity index (χ0) is 42.9. The smallest absolute Gasteiger partial charge is 0.137 e. The van der Waals surface area contributed by atoms with E-state index in [9.17, 15) is 0 Å². The van der Waals surface area contributed by atoms with Gasteiger partial charge < -0.3 is 19.1 Å². The Balaban J connectivity index is 1.09. The van der Waals surface area contributed by atoms with E-state index in [-0.39, 0.29) is 0 Å². The summed E-state index contributed by atoms with van der Waals surface area (Å²) in [6.45, 7) is 0. The molecule has 0 N–H and O–H groups in total. The lowest BCUT2D eigenvalue weighted by molar-refractivity contribution is 0.669. The Bertz CT molecular complexity index is 3480. The number of rotatable bonds is 7. The minimum absolute atomic E-state index is 0.559. The van der Waals surface area contributed by atoms with Gasteiger partial charge in [0.15, 0.2) is 0 Å². The van der Waals surface area contributed by atoms with E-state index in [1.807, 2.05) is 6.07 Å². The van der Waals surface area contributed by atoms with E-state index in [2.05, 4.69) is 257 Å². The number of para-hydroxylation sites is 7. The monoisotopic (exact) mass is 831 g/mol. The molecule has 0 amide bonds. The van der Waals surface area contributed by atoms with Gasteiger partial charge in [-0.2, -0.15) is 0 Å². The molecule has 65 heavy (non-hydrogen) atoms. The van der Waals surface area contributed by atoms with Crippen molar-refractivity contribution in [2.45, 2.75) is 5.41 Å². The second-order valence-electron chi connectivity index (χ2n) is 16.8. The second kappa shape index (κ2) is 14.8. The van der Waals surface area contributed by atoms with Crippen LogP contribution in [-0.4, -0.2) is 0 Å². The number of nitrogens with zero attached hydrogens (tertiary/aromatic N) is 3. The first-order chi connectivity index (χ1) is 32.3. The molecule has 0 unspecified atom stereocenters. The van der Waals surface area contributed by atoms with Crippen LogP contribution in [0.3, 0.4) is 0 Å². The first-order valence-corrected chi connectivity index (χ1v) is 22.3. The summed E-state index contributed by atoms with van der Waals surface area (Å²) >= 11 is 0. The highest BCUT2D eigenvalue weighted by Gasteiger charge is 2.51. The average molecular weight is 832 g/mol. The van der Waals surface area contributed by atoms with Gasteiger partial charge in [-0.1, -0.05) is 158 Å². The van der Waals surface area contributed by atoms with Crippen molar-refractivity contribution >= 4 is 73.1 Å². The van der Waals surface area contributed by atoms with E-state index in [4.69, 9.17) is 4.42 Å². The van der Waals surface area contributed by atoms with Crippen LogP contribution in [-0.2, 0) is 5.41 Å². The summed E-state index contributed by atoms with van der Waals surface area (Å²) < 4.78 is 6.71. The Kier molecular flexibility index (Phi) is 8.40. The molecule has 306 valence electrons. The van der Waals surface area contributed by atoms with Crippen molar-refractivity contribution in [1.29, 1.82) is 0 Å². The molecule has 1 aliphatic carbocycles. The third kappa shape index (κ3) is 5.57. The van der Waals surface area contributed by atoms with Gasteiger partial charge in [0.05, 0.1) is 28.2 Å². The van der Waals surface area contributed by atoms with Crippen molar-refractivity contribution in [2.24, 2.45) is 0 Å². The Morgan fingerprint density at radius 2 is 0.800 bits per heavy atom. The Morgan fingerprint density at radius 3 is 1.43 bits per heavy atom. The van der Waals surface area contributed by atoms with E-state index in [0.29, 0.717) is 0 Å². The van der Waals surface area contributed by atoms with Gasteiger partial charge >= 0.3 is 0 Å². The number of benzene rings is 10. The van der Waals surface area contributed by atoms with Gasteiger partial charge in [0.2, 0.25) is 0 Å². The Morgan fingerprint density at radius 1 is 0.323 bits per heavy atom. The maximum Gasteiger partial charge on any atom is 0.137 e. The van der Waals surface area contributed by atoms with Gasteiger partial charge in [-0.25, -0.2) is 0 Å². The number of hydrogen-bond acceptors (Lipinski definition) is 4. The molecular formula is C61H41N3O. The van der Waals surface area contributed by atoms with Gasteiger partial charge in [-0.15, -0.1) is 0 Å². The minimum Gasteiger partial charge on any atom is -0.456 e. The minimum atomic E-state index is -0.559. The lowest BCUT2D eigenvalue weighted by Gasteiger charge is -2.45. The Labute approximate surface area is 378 Å². The molecule has 0 bridgehead atoms. The summed E-state index contributed by atoms with van der Waals surface area (Å²) in [6.07, 6.45) is 0. The topological polar surface area (TPSA) is 22.9 Å². The van der Waals surface area contributed by atoms with Crippen molar-refractivity contribution < 1.29 is 4.42 Å². The van der Waals surface area contributed by atoms with Crippen molar-refractivity contribution in [3.05, 3.63) is 271 Å². The van der Waals surface area contributed by atoms with Gasteiger partial charge in [0, 0.05) is 45.3 Å². The van der Waals surface area contributed by atoms with E-state index >= 15 is 0 Å². The predicted octanol–water partition coefficient (Wildman–Crippen LogP) is 16.7. The standard InChI is InChI=1S/C61H41N3O/c1-5-21-42(22-6-1)62(43-23-7-2-8-24-43)57-40-50-48-30-14-20-36-59(48)65-60(50)41-58(57)63(44-25-9-3-10-26-44)46-37-38-52-49(39-46)47-29-13-15-31-51(47)61(52)53-32-16-18-34-55(53)64(45-27-11-4-12-28-45)56-35-19-17-33-54(56)61/h1-41H. The molecule has 1 aromatic heterocycles. The van der Waals surface area contributed by atoms with Crippen molar-refractivity contribution in [2.75, 3.05) is 14.7 Å². The fourth-order valence-corrected chi connectivity index (χ4v) is 10.8. The number of furan rings is 1. The fourth-order valence-electron chi connectivity index (χ4n) is 10.8. The number of anilines is 9. The van der Waals surface area contributed by atoms with Crippen LogP contribution in [0.25, 0.3) is 33.1 Å². The van der Waals surface area contributed by atoms with Crippen LogP contribution in [0.15, 0.2) is 253 Å². The number of hydrogen-bond donors (Lipinski definition) is 0. The van der Waals surface area contributed by atoms with Crippen molar-refractivity contribution in [3.63, 3.8) is 0 Å². The molecule has 0 fully saturated rings. The molecule has 0 atom stereocenters. The highest BCUT2D eigenvalue weighted by molar-refractivity contribution is 6.10. The molecule has 10 aromatic carbocycles. The van der Waals surface area contributed by atoms with E-state index < -0.39 is 5.41 Å². The third-order valence-electron chi connectivity index (χ3n) is 13.4. The lowest BCUT2D eigenvalue weighted by atomic mass is 9.64. The van der Waals surface area contributed by atoms with Gasteiger partial charge in [0.1, 0.15) is 11.2 Å². The zero-order valence-corrected chi connectivity index (χ0v) is 35.4. The van der Waals surface area contributed by atoms with Crippen LogP contribution in [0, 0.1) is 0 Å². The lowest BCUT2D eigenvalue weighted by Crippen LogP contribution is -2.36. The third-order valence-corrected chi connectivity index (χ3v) is 13.4. The zero-order valence-electron chi connectivity index (χ0n) is 35.4. The number of fused-ring (bicyclic) bond motifs is 12. The van der Waals surface area contributed by atoms with Crippen molar-refractivity contribution in [1.82, 2.24) is 0 Å². The normalized spacial score (nSPS) is 13.0. The Hall–Kier alpha value is -8.60. The summed E-state index contributed by atoms with van der Waals surface area (Å²) in [5.41, 5.74) is 18.4. The highest BCUT2D eigenvalue weighted by atomic mass is 16.3. The molecule has 0 saturated heterocycles. The van der Waals surface area contributed by atoms with E-state index in [1.165, 1.54) is 44.8 Å². The van der Waals surface area contributed by atoms with Crippen LogP contribution in [0.2, 0.25) is 0 Å². The van der Waals surface area contributed by atoms with Crippen molar-refractivity contribution in [3.8, 4) is 11.1 Å². The molecule has 2 aliphatic rings. The highest BCUT2D eigenvalue weighted by Crippen LogP contribution is 2.64. The molecular weight excluding hydrogens is 791 g/mol. The first-order valence-electron chi connectivity index (χ1n) is 22.3. The van der Waals surface area contributed by atoms with E-state index in [1.54, 1.807) is 0 Å². The largest absolute Gasteiger partial charge is 0.456 e. The fraction of sp³-hybridized carbons (Fsp3) is 0.0164. The molecule has 13 rings (SSSR count). The molecule has 2 heterocycles. The van der Waals surface area contributed by atoms with Gasteiger partial charge in [-0.3, -0.25) is 0 Å². The summed E-state index contributed by atoms with van der Waals surface area (Å²) in [6, 6.07) is 90.0. The average Bonchev–Trinajstić information content (AvgIpc) is 3.88. The molecule has 1 aliphatic heterocycles. The van der Waals surface area contributed by atoms with Crippen LogP contribution < -0.4 is 14.7 Å². The second-order valence-corrected chi connectivity index (χ2v) is 16.8. The maximum absolute atomic E-state index is 6.71. The van der Waals surface area contributed by atoms with Crippen LogP contribution >= 0.6 is 0 Å². The van der Waals surface area contributed by atoms with E-state index in [0.717, 1.165) is 61.8 Å². The SMILES string of the molecule is c1ccc(N(c2ccc3c(c2)-c2ccccc2C32c3ccccc3N(c3ccccc3)c3ccccc32)c2cc3oc4ccccc4c3cc2N(c2ccccc2)c2ccccc2)cc1. The molecule has 4 heteroatoms. The molecule has 11 aromatic rings. The van der Waals surface area contributed by atoms with Crippen LogP contribution in [0.5, 0.6) is 0 Å².